The van der Waals surface area contributed by atoms with Crippen LogP contribution < -0.4 is 0 Å². The molecule has 22 heavy (non-hydrogen) atoms. The zero-order valence-corrected chi connectivity index (χ0v) is 13.5. The van der Waals surface area contributed by atoms with Gasteiger partial charge >= 0.3 is 0 Å². The van der Waals surface area contributed by atoms with Gasteiger partial charge in [0.15, 0.2) is 0 Å². The molecule has 0 amide bonds. The fourth-order valence-corrected chi connectivity index (χ4v) is 4.34. The van der Waals surface area contributed by atoms with E-state index in [1.165, 1.54) is 19.3 Å². The highest BCUT2D eigenvalue weighted by atomic mass is 32.3. The summed E-state index contributed by atoms with van der Waals surface area (Å²) < 4.78 is 31.3. The van der Waals surface area contributed by atoms with Crippen LogP contribution in [0.15, 0.2) is 51.7 Å². The molecule has 1 aliphatic rings. The van der Waals surface area contributed by atoms with Gasteiger partial charge in [-0.1, -0.05) is 62.4 Å². The average molecular weight is 319 g/mol. The van der Waals surface area contributed by atoms with Gasteiger partial charge in [0, 0.05) is 0 Å². The van der Waals surface area contributed by atoms with E-state index in [9.17, 15) is 8.09 Å². The van der Waals surface area contributed by atoms with E-state index in [1.807, 2.05) is 30.3 Å². The molecule has 3 rings (SSSR count). The Bertz CT molecular complexity index is 757. The van der Waals surface area contributed by atoms with Gasteiger partial charge in [0.1, 0.15) is 0 Å². The summed E-state index contributed by atoms with van der Waals surface area (Å²) in [7, 11) is -3.80. The molecular formula is C18H22FNOS. The highest BCUT2D eigenvalue weighted by molar-refractivity contribution is 7.88. The summed E-state index contributed by atoms with van der Waals surface area (Å²) in [4.78, 5) is 0.202. The monoisotopic (exact) mass is 319 g/mol. The quantitative estimate of drug-likeness (QED) is 0.656. The summed E-state index contributed by atoms with van der Waals surface area (Å²) in [6, 6.07) is 12.7. The third-order valence-corrected chi connectivity index (χ3v) is 5.78. The molecule has 1 saturated carbocycles. The summed E-state index contributed by atoms with van der Waals surface area (Å²) >= 11 is 0. The average Bonchev–Trinajstić information content (AvgIpc) is 2.49. The second-order valence-electron chi connectivity index (χ2n) is 6.07. The van der Waals surface area contributed by atoms with E-state index >= 15 is 0 Å². The van der Waals surface area contributed by atoms with Crippen LogP contribution in [-0.4, -0.2) is 10.3 Å². The summed E-state index contributed by atoms with van der Waals surface area (Å²) in [6.45, 7) is 0. The van der Waals surface area contributed by atoms with E-state index in [1.54, 1.807) is 12.1 Å². The van der Waals surface area contributed by atoms with Gasteiger partial charge < -0.3 is 0 Å². The van der Waals surface area contributed by atoms with Crippen molar-refractivity contribution in [2.24, 2.45) is 4.36 Å². The molecule has 0 radical (unpaired) electrons. The predicted molar refractivity (Wildman–Crippen MR) is 90.0 cm³/mol. The number of benzene rings is 2. The summed E-state index contributed by atoms with van der Waals surface area (Å²) in [5, 5.41) is 1.92. The Morgan fingerprint density at radius 3 is 2.27 bits per heavy atom. The molecule has 2 aromatic rings. The molecule has 118 valence electrons. The topological polar surface area (TPSA) is 29.4 Å². The third kappa shape index (κ3) is 3.67. The van der Waals surface area contributed by atoms with Gasteiger partial charge in [-0.05, 0) is 35.7 Å². The van der Waals surface area contributed by atoms with Gasteiger partial charge in [0.2, 0.25) is 10.1 Å². The van der Waals surface area contributed by atoms with Crippen LogP contribution in [-0.2, 0) is 10.1 Å². The maximum atomic E-state index is 14.7. The number of nitrogens with zero attached hydrogens (tertiary/aromatic N) is 1. The summed E-state index contributed by atoms with van der Waals surface area (Å²) in [5.41, 5.74) is 0. The van der Waals surface area contributed by atoms with Gasteiger partial charge in [0.25, 0.3) is 0 Å². The van der Waals surface area contributed by atoms with E-state index in [4.69, 9.17) is 0 Å². The van der Waals surface area contributed by atoms with Crippen LogP contribution >= 0.6 is 0 Å². The van der Waals surface area contributed by atoms with E-state index in [-0.39, 0.29) is 10.9 Å². The third-order valence-electron chi connectivity index (χ3n) is 4.37. The number of rotatable bonds is 2. The highest BCUT2D eigenvalue weighted by Crippen LogP contribution is 2.26. The Labute approximate surface area is 132 Å². The van der Waals surface area contributed by atoms with Crippen LogP contribution in [0.25, 0.3) is 10.8 Å². The molecule has 2 aromatic carbocycles. The Morgan fingerprint density at radius 2 is 1.55 bits per heavy atom. The molecule has 0 N–H and O–H groups in total. The molecular weight excluding hydrogens is 297 g/mol. The van der Waals surface area contributed by atoms with Crippen molar-refractivity contribution >= 4 is 20.9 Å². The maximum absolute atomic E-state index is 14.7. The largest absolute Gasteiger partial charge is 0.231 e. The van der Waals surface area contributed by atoms with E-state index in [0.29, 0.717) is 0 Å². The van der Waals surface area contributed by atoms with Crippen molar-refractivity contribution in [1.29, 1.82) is 0 Å². The Hall–Kier alpha value is -1.42. The van der Waals surface area contributed by atoms with E-state index in [2.05, 4.69) is 4.36 Å². The van der Waals surface area contributed by atoms with Gasteiger partial charge in [-0.15, -0.1) is 3.89 Å². The Kier molecular flexibility index (Phi) is 4.77. The summed E-state index contributed by atoms with van der Waals surface area (Å²) in [6.07, 6.45) is 7.43. The molecule has 1 aliphatic carbocycles. The lowest BCUT2D eigenvalue weighted by atomic mass is 9.98. The fourth-order valence-electron chi connectivity index (χ4n) is 3.12. The van der Waals surface area contributed by atoms with Gasteiger partial charge in [-0.25, -0.2) is 8.57 Å². The second kappa shape index (κ2) is 6.78. The number of fused-ring (bicyclic) bond motifs is 1. The molecule has 0 aromatic heterocycles. The first kappa shape index (κ1) is 15.5. The molecule has 0 saturated heterocycles. The molecule has 0 unspecified atom stereocenters. The van der Waals surface area contributed by atoms with Crippen molar-refractivity contribution in [3.8, 4) is 0 Å². The van der Waals surface area contributed by atoms with Crippen molar-refractivity contribution in [2.75, 3.05) is 0 Å². The minimum atomic E-state index is -3.80. The van der Waals surface area contributed by atoms with Crippen LogP contribution in [0.5, 0.6) is 0 Å². The van der Waals surface area contributed by atoms with Crippen molar-refractivity contribution in [3.63, 3.8) is 0 Å². The van der Waals surface area contributed by atoms with Crippen LogP contribution in [0, 0.1) is 0 Å². The smallest absolute Gasteiger partial charge is 0.211 e. The SMILES string of the molecule is O=[S@](F)(=NC1CCCCCCC1)c1ccc2ccccc2c1. The number of halogens is 1. The normalized spacial score (nSPS) is 20.0. The van der Waals surface area contributed by atoms with E-state index in [0.717, 1.165) is 36.5 Å². The lowest BCUT2D eigenvalue weighted by molar-refractivity contribution is 0.454. The van der Waals surface area contributed by atoms with E-state index < -0.39 is 10.1 Å². The first-order valence-electron chi connectivity index (χ1n) is 8.10. The maximum Gasteiger partial charge on any atom is 0.231 e. The molecule has 4 heteroatoms. The van der Waals surface area contributed by atoms with Crippen molar-refractivity contribution in [2.45, 2.75) is 55.9 Å². The van der Waals surface area contributed by atoms with Crippen LogP contribution in [0.4, 0.5) is 3.89 Å². The first-order valence-corrected chi connectivity index (χ1v) is 9.51. The molecule has 1 atom stereocenters. The Balaban J connectivity index is 1.91. The van der Waals surface area contributed by atoms with Gasteiger partial charge in [-0.2, -0.15) is 0 Å². The number of hydrogen-bond acceptors (Lipinski definition) is 2. The number of hydrogen-bond donors (Lipinski definition) is 0. The van der Waals surface area contributed by atoms with Gasteiger partial charge in [0.05, 0.1) is 10.9 Å². The van der Waals surface area contributed by atoms with Crippen molar-refractivity contribution in [3.05, 3.63) is 42.5 Å². The van der Waals surface area contributed by atoms with Crippen LogP contribution in [0.2, 0.25) is 0 Å². The molecule has 0 spiro atoms. The second-order valence-corrected chi connectivity index (χ2v) is 7.67. The summed E-state index contributed by atoms with van der Waals surface area (Å²) in [5.74, 6) is 0. The molecule has 1 fully saturated rings. The predicted octanol–water partition coefficient (Wildman–Crippen LogP) is 5.66. The molecule has 2 nitrogen and oxygen atoms in total. The lowest BCUT2D eigenvalue weighted by Crippen LogP contribution is -2.09. The van der Waals surface area contributed by atoms with Crippen molar-refractivity contribution < 1.29 is 8.09 Å². The molecule has 0 aliphatic heterocycles. The molecule has 0 bridgehead atoms. The zero-order valence-electron chi connectivity index (χ0n) is 12.7. The zero-order chi connectivity index (χ0) is 15.4. The minimum absolute atomic E-state index is 0.107. The highest BCUT2D eigenvalue weighted by Gasteiger charge is 2.17. The standard InChI is InChI=1S/C18H22FNOS/c19-22(21,20-17-10-4-2-1-3-5-11-17)18-13-12-15-8-6-7-9-16(15)14-18/h6-9,12-14,17H,1-5,10-11H2/t22-/m1/s1. The minimum Gasteiger partial charge on any atom is -0.211 e. The van der Waals surface area contributed by atoms with Crippen molar-refractivity contribution in [1.82, 2.24) is 0 Å². The van der Waals surface area contributed by atoms with Crippen LogP contribution in [0.1, 0.15) is 44.9 Å². The van der Waals surface area contributed by atoms with Gasteiger partial charge in [-0.3, -0.25) is 0 Å². The Morgan fingerprint density at radius 1 is 0.909 bits per heavy atom. The fraction of sp³-hybridized carbons (Fsp3) is 0.444. The van der Waals surface area contributed by atoms with Crippen LogP contribution in [0.3, 0.4) is 0 Å². The molecule has 0 heterocycles. The lowest BCUT2D eigenvalue weighted by Gasteiger charge is -2.16. The first-order chi connectivity index (χ1) is 10.6.